The summed E-state index contributed by atoms with van der Waals surface area (Å²) < 4.78 is 1.86. The van der Waals surface area contributed by atoms with Crippen molar-refractivity contribution in [1.82, 2.24) is 9.38 Å². The zero-order valence-corrected chi connectivity index (χ0v) is 11.4. The predicted molar refractivity (Wildman–Crippen MR) is 79.0 cm³/mol. The summed E-state index contributed by atoms with van der Waals surface area (Å²) in [5.41, 5.74) is 3.11. The minimum absolute atomic E-state index is 0.263. The molecular weight excluding hydrogens is 264 g/mol. The van der Waals surface area contributed by atoms with Crippen molar-refractivity contribution in [3.8, 4) is 6.07 Å². The quantitative estimate of drug-likeness (QED) is 0.782. The van der Waals surface area contributed by atoms with Gasteiger partial charge in [-0.25, -0.2) is 4.98 Å². The van der Waals surface area contributed by atoms with Crippen LogP contribution in [0.5, 0.6) is 0 Å². The molecule has 0 fully saturated rings. The van der Waals surface area contributed by atoms with E-state index in [0.29, 0.717) is 22.5 Å². The largest absolute Gasteiger partial charge is 0.319 e. The molecule has 2 heterocycles. The van der Waals surface area contributed by atoms with Crippen molar-refractivity contribution in [2.75, 3.05) is 5.32 Å². The summed E-state index contributed by atoms with van der Waals surface area (Å²) in [7, 11) is 0. The monoisotopic (exact) mass is 276 g/mol. The van der Waals surface area contributed by atoms with Crippen LogP contribution in [-0.4, -0.2) is 15.3 Å². The van der Waals surface area contributed by atoms with E-state index in [1.54, 1.807) is 30.3 Å². The molecule has 2 aromatic heterocycles. The molecule has 5 nitrogen and oxygen atoms in total. The van der Waals surface area contributed by atoms with Gasteiger partial charge in [0.15, 0.2) is 5.65 Å². The fraction of sp³-hybridized carbons (Fsp3) is 0.0625. The number of nitrogens with zero attached hydrogens (tertiary/aromatic N) is 3. The Labute approximate surface area is 121 Å². The van der Waals surface area contributed by atoms with Gasteiger partial charge in [0.05, 0.1) is 23.0 Å². The smallest absolute Gasteiger partial charge is 0.255 e. The number of fused-ring (bicyclic) bond motifs is 1. The number of imidazole rings is 1. The van der Waals surface area contributed by atoms with E-state index in [2.05, 4.69) is 10.3 Å². The van der Waals surface area contributed by atoms with Gasteiger partial charge in [0.25, 0.3) is 5.91 Å². The van der Waals surface area contributed by atoms with Crippen LogP contribution in [0.25, 0.3) is 5.65 Å². The molecule has 0 aliphatic carbocycles. The summed E-state index contributed by atoms with van der Waals surface area (Å²) in [6.45, 7) is 1.90. The van der Waals surface area contributed by atoms with Gasteiger partial charge in [-0.3, -0.25) is 4.79 Å². The first-order valence-electron chi connectivity index (χ1n) is 6.43. The lowest BCUT2D eigenvalue weighted by Gasteiger charge is -2.06. The number of benzene rings is 1. The van der Waals surface area contributed by atoms with Crippen molar-refractivity contribution in [2.24, 2.45) is 0 Å². The lowest BCUT2D eigenvalue weighted by atomic mass is 10.1. The molecule has 3 rings (SSSR count). The predicted octanol–water partition coefficient (Wildman–Crippen LogP) is 2.77. The molecule has 0 bridgehead atoms. The first-order valence-corrected chi connectivity index (χ1v) is 6.43. The number of amides is 1. The summed E-state index contributed by atoms with van der Waals surface area (Å²) in [5, 5.41) is 11.7. The van der Waals surface area contributed by atoms with Crippen LogP contribution in [0.4, 0.5) is 5.69 Å². The number of rotatable bonds is 2. The highest BCUT2D eigenvalue weighted by molar-refractivity contribution is 6.06. The zero-order valence-electron chi connectivity index (χ0n) is 11.4. The van der Waals surface area contributed by atoms with E-state index in [4.69, 9.17) is 5.26 Å². The molecule has 0 unspecified atom stereocenters. The highest BCUT2D eigenvalue weighted by Crippen LogP contribution is 2.17. The molecule has 0 aliphatic heterocycles. The van der Waals surface area contributed by atoms with Crippen molar-refractivity contribution in [2.45, 2.75) is 6.92 Å². The second-order valence-corrected chi connectivity index (χ2v) is 4.68. The number of aryl methyl sites for hydroxylation is 1. The molecule has 0 saturated heterocycles. The van der Waals surface area contributed by atoms with Gasteiger partial charge >= 0.3 is 0 Å². The number of aromatic nitrogens is 2. The molecule has 0 spiro atoms. The second-order valence-electron chi connectivity index (χ2n) is 4.68. The van der Waals surface area contributed by atoms with Crippen molar-refractivity contribution in [1.29, 1.82) is 5.26 Å². The molecule has 5 heteroatoms. The summed E-state index contributed by atoms with van der Waals surface area (Å²) in [6.07, 6.45) is 3.77. The Morgan fingerprint density at radius 3 is 3.00 bits per heavy atom. The highest BCUT2D eigenvalue weighted by Gasteiger charge is 2.10. The lowest BCUT2D eigenvalue weighted by molar-refractivity contribution is 0.102. The molecule has 0 radical (unpaired) electrons. The Balaban J connectivity index is 1.94. The third kappa shape index (κ3) is 2.47. The Hall–Kier alpha value is -3.13. The van der Waals surface area contributed by atoms with Crippen molar-refractivity contribution in [3.05, 3.63) is 65.6 Å². The average molecular weight is 276 g/mol. The van der Waals surface area contributed by atoms with Gasteiger partial charge in [-0.15, -0.1) is 0 Å². The fourth-order valence-corrected chi connectivity index (χ4v) is 2.16. The summed E-state index contributed by atoms with van der Waals surface area (Å²) in [5.74, 6) is -0.263. The normalized spacial score (nSPS) is 10.3. The maximum Gasteiger partial charge on any atom is 0.255 e. The van der Waals surface area contributed by atoms with E-state index in [-0.39, 0.29) is 5.91 Å². The molecule has 1 N–H and O–H groups in total. The van der Waals surface area contributed by atoms with E-state index in [1.807, 2.05) is 35.9 Å². The van der Waals surface area contributed by atoms with Gasteiger partial charge in [0.1, 0.15) is 0 Å². The first-order chi connectivity index (χ1) is 10.2. The number of nitrogens with one attached hydrogen (secondary N) is 1. The van der Waals surface area contributed by atoms with Crippen LogP contribution in [0.2, 0.25) is 0 Å². The van der Waals surface area contributed by atoms with Crippen molar-refractivity contribution in [3.63, 3.8) is 0 Å². The molecule has 3 aromatic rings. The second kappa shape index (κ2) is 5.10. The van der Waals surface area contributed by atoms with Gasteiger partial charge in [-0.05, 0) is 37.3 Å². The number of carbonyl (C=O) groups is 1. The summed E-state index contributed by atoms with van der Waals surface area (Å²) in [6, 6.07) is 12.3. The maximum atomic E-state index is 12.3. The maximum absolute atomic E-state index is 12.3. The van der Waals surface area contributed by atoms with Crippen LogP contribution in [0.15, 0.2) is 48.8 Å². The highest BCUT2D eigenvalue weighted by atomic mass is 16.1. The van der Waals surface area contributed by atoms with Crippen LogP contribution in [0.1, 0.15) is 21.6 Å². The topological polar surface area (TPSA) is 70.2 Å². The number of hydrogen-bond acceptors (Lipinski definition) is 3. The van der Waals surface area contributed by atoms with E-state index in [1.165, 1.54) is 0 Å². The van der Waals surface area contributed by atoms with Crippen LogP contribution < -0.4 is 5.32 Å². The minimum atomic E-state index is -0.263. The van der Waals surface area contributed by atoms with Gasteiger partial charge in [-0.1, -0.05) is 6.07 Å². The molecule has 102 valence electrons. The van der Waals surface area contributed by atoms with Crippen LogP contribution >= 0.6 is 0 Å². The van der Waals surface area contributed by atoms with Crippen LogP contribution in [0.3, 0.4) is 0 Å². The van der Waals surface area contributed by atoms with E-state index in [9.17, 15) is 4.79 Å². The third-order valence-corrected chi connectivity index (χ3v) is 3.11. The standard InChI is InChI=1S/C16H12N4O/c1-11-10-20-7-3-6-14(15(20)18-11)19-16(21)13-5-2-4-12(8-13)9-17/h2-8,10H,1H3,(H,19,21). The van der Waals surface area contributed by atoms with Crippen molar-refractivity contribution >= 4 is 17.2 Å². The Kier molecular flexibility index (Phi) is 3.13. The van der Waals surface area contributed by atoms with Crippen LogP contribution in [-0.2, 0) is 0 Å². The third-order valence-electron chi connectivity index (χ3n) is 3.11. The number of nitriles is 1. The van der Waals surface area contributed by atoms with Gasteiger partial charge < -0.3 is 9.72 Å². The molecule has 0 saturated carbocycles. The molecule has 1 aromatic carbocycles. The number of pyridine rings is 1. The van der Waals surface area contributed by atoms with Gasteiger partial charge in [0.2, 0.25) is 0 Å². The van der Waals surface area contributed by atoms with E-state index < -0.39 is 0 Å². The van der Waals surface area contributed by atoms with Crippen molar-refractivity contribution < 1.29 is 4.79 Å². The minimum Gasteiger partial charge on any atom is -0.319 e. The zero-order chi connectivity index (χ0) is 14.8. The first kappa shape index (κ1) is 12.9. The molecule has 0 aliphatic rings. The Morgan fingerprint density at radius 1 is 1.33 bits per heavy atom. The fourth-order valence-electron chi connectivity index (χ4n) is 2.16. The molecular formula is C16H12N4O. The lowest BCUT2D eigenvalue weighted by Crippen LogP contribution is -2.12. The van der Waals surface area contributed by atoms with Crippen LogP contribution in [0, 0.1) is 18.3 Å². The Morgan fingerprint density at radius 2 is 2.19 bits per heavy atom. The molecule has 21 heavy (non-hydrogen) atoms. The summed E-state index contributed by atoms with van der Waals surface area (Å²) >= 11 is 0. The molecule has 0 atom stereocenters. The van der Waals surface area contributed by atoms with E-state index in [0.717, 1.165) is 5.69 Å². The van der Waals surface area contributed by atoms with Gasteiger partial charge in [0, 0.05) is 18.0 Å². The summed E-state index contributed by atoms with van der Waals surface area (Å²) in [4.78, 5) is 16.7. The number of anilines is 1. The SMILES string of the molecule is Cc1cn2cccc(NC(=O)c3cccc(C#N)c3)c2n1. The Bertz CT molecular complexity index is 873. The molecule has 1 amide bonds. The number of carbonyl (C=O) groups excluding carboxylic acids is 1. The van der Waals surface area contributed by atoms with E-state index >= 15 is 0 Å². The average Bonchev–Trinajstić information content (AvgIpc) is 2.88. The number of hydrogen-bond donors (Lipinski definition) is 1. The van der Waals surface area contributed by atoms with Gasteiger partial charge in [-0.2, -0.15) is 5.26 Å².